The lowest BCUT2D eigenvalue weighted by Gasteiger charge is -2.31. The van der Waals surface area contributed by atoms with Crippen LogP contribution in [0.2, 0.25) is 19.6 Å². The normalized spacial score (nSPS) is 14.2. The number of rotatable bonds is 8. The summed E-state index contributed by atoms with van der Waals surface area (Å²) >= 11 is 0. The summed E-state index contributed by atoms with van der Waals surface area (Å²) in [5.41, 5.74) is 0.722. The zero-order valence-electron chi connectivity index (χ0n) is 12.8. The molecule has 20 heavy (non-hydrogen) atoms. The van der Waals surface area contributed by atoms with Crippen LogP contribution in [-0.4, -0.2) is 26.5 Å². The van der Waals surface area contributed by atoms with Gasteiger partial charge in [0.2, 0.25) is 0 Å². The highest BCUT2D eigenvalue weighted by molar-refractivity contribution is 7.54. The molecule has 0 aromatic carbocycles. The molecule has 1 heterocycles. The average Bonchev–Trinajstić information content (AvgIpc) is 2.36. The summed E-state index contributed by atoms with van der Waals surface area (Å²) in [6, 6.07) is 3.63. The van der Waals surface area contributed by atoms with Crippen LogP contribution >= 0.6 is 7.60 Å². The summed E-state index contributed by atoms with van der Waals surface area (Å²) in [4.78, 5) is 4.07. The third-order valence-electron chi connectivity index (χ3n) is 2.34. The zero-order chi connectivity index (χ0) is 15.2. The van der Waals surface area contributed by atoms with Crippen LogP contribution in [0.3, 0.4) is 0 Å². The van der Waals surface area contributed by atoms with E-state index >= 15 is 0 Å². The Morgan fingerprint density at radius 1 is 1.25 bits per heavy atom. The van der Waals surface area contributed by atoms with Crippen LogP contribution in [0.1, 0.15) is 25.3 Å². The predicted molar refractivity (Wildman–Crippen MR) is 82.3 cm³/mol. The molecule has 1 aromatic heterocycles. The van der Waals surface area contributed by atoms with Gasteiger partial charge in [-0.15, -0.1) is 0 Å². The maximum atomic E-state index is 13.0. The van der Waals surface area contributed by atoms with Gasteiger partial charge in [-0.2, -0.15) is 0 Å². The van der Waals surface area contributed by atoms with Gasteiger partial charge in [0, 0.05) is 18.0 Å². The fraction of sp³-hybridized carbons (Fsp3) is 0.615. The molecule has 0 saturated heterocycles. The fourth-order valence-corrected chi connectivity index (χ4v) is 5.56. The Balaban J connectivity index is 3.18. The minimum Gasteiger partial charge on any atom is -0.400 e. The largest absolute Gasteiger partial charge is 0.400 e. The lowest BCUT2D eigenvalue weighted by molar-refractivity contribution is 0.158. The Morgan fingerprint density at radius 3 is 2.25 bits per heavy atom. The van der Waals surface area contributed by atoms with Gasteiger partial charge < -0.3 is 13.5 Å². The molecule has 1 aromatic rings. The molecule has 0 aliphatic heterocycles. The molecule has 0 unspecified atom stereocenters. The Labute approximate surface area is 122 Å². The van der Waals surface area contributed by atoms with Crippen LogP contribution in [-0.2, 0) is 18.0 Å². The quantitative estimate of drug-likeness (QED) is 0.531. The number of hydrogen-bond acceptors (Lipinski definition) is 5. The summed E-state index contributed by atoms with van der Waals surface area (Å²) in [5, 5.41) is 0. The predicted octanol–water partition coefficient (Wildman–Crippen LogP) is 4.20. The molecule has 0 fully saturated rings. The van der Waals surface area contributed by atoms with Gasteiger partial charge in [-0.25, -0.2) is 0 Å². The molecule has 0 aliphatic rings. The van der Waals surface area contributed by atoms with Crippen molar-refractivity contribution in [2.45, 2.75) is 39.3 Å². The van der Waals surface area contributed by atoms with Gasteiger partial charge in [0.15, 0.2) is 14.2 Å². The zero-order valence-corrected chi connectivity index (χ0v) is 14.7. The molecule has 7 heteroatoms. The van der Waals surface area contributed by atoms with Crippen molar-refractivity contribution >= 4 is 15.9 Å². The Bertz CT molecular complexity index is 439. The van der Waals surface area contributed by atoms with E-state index in [0.29, 0.717) is 13.2 Å². The Kier molecular flexibility index (Phi) is 6.55. The van der Waals surface area contributed by atoms with Crippen LogP contribution in [0.4, 0.5) is 0 Å². The molecule has 0 aliphatic carbocycles. The first kappa shape index (κ1) is 17.5. The third kappa shape index (κ3) is 5.11. The van der Waals surface area contributed by atoms with Gasteiger partial charge in [0.05, 0.1) is 13.2 Å². The van der Waals surface area contributed by atoms with Gasteiger partial charge in [-0.3, -0.25) is 9.55 Å². The summed E-state index contributed by atoms with van der Waals surface area (Å²) in [7, 11) is -5.31. The fourth-order valence-electron chi connectivity index (χ4n) is 1.70. The van der Waals surface area contributed by atoms with Gasteiger partial charge in [0.25, 0.3) is 0 Å². The van der Waals surface area contributed by atoms with Crippen molar-refractivity contribution in [3.8, 4) is 0 Å². The standard InChI is InChI=1S/C13H24NO4PSi/c1-6-16-19(15,17-7-2)13(18-20(3,4)5)12-9-8-10-14-11-12/h8-11,13H,6-7H2,1-5H3/t13-/m1/s1. The number of pyridine rings is 1. The molecule has 1 rings (SSSR count). The van der Waals surface area contributed by atoms with E-state index in [1.165, 1.54) is 0 Å². The first-order valence-electron chi connectivity index (χ1n) is 6.79. The van der Waals surface area contributed by atoms with E-state index in [9.17, 15) is 4.57 Å². The number of aromatic nitrogens is 1. The molecule has 0 spiro atoms. The van der Waals surface area contributed by atoms with Crippen LogP contribution in [0.15, 0.2) is 24.5 Å². The van der Waals surface area contributed by atoms with E-state index < -0.39 is 21.8 Å². The SMILES string of the molecule is CCOP(=O)(OCC)[C@@H](O[Si](C)(C)C)c1cccnc1. The summed E-state index contributed by atoms with van der Waals surface area (Å²) < 4.78 is 30.0. The van der Waals surface area contributed by atoms with Gasteiger partial charge in [-0.1, -0.05) is 6.07 Å². The van der Waals surface area contributed by atoms with E-state index in [1.54, 1.807) is 32.3 Å². The molecule has 0 bridgehead atoms. The van der Waals surface area contributed by atoms with Crippen LogP contribution < -0.4 is 0 Å². The summed E-state index contributed by atoms with van der Waals surface area (Å²) in [6.45, 7) is 10.3. The summed E-state index contributed by atoms with van der Waals surface area (Å²) in [6.07, 6.45) is 3.32. The minimum atomic E-state index is -3.38. The van der Waals surface area contributed by atoms with E-state index in [-0.39, 0.29) is 0 Å². The first-order valence-corrected chi connectivity index (χ1v) is 11.8. The second kappa shape index (κ2) is 7.48. The molecular formula is C13H24NO4PSi. The number of nitrogens with zero attached hydrogens (tertiary/aromatic N) is 1. The Hall–Kier alpha value is -0.523. The molecule has 0 radical (unpaired) electrons. The molecule has 5 nitrogen and oxygen atoms in total. The van der Waals surface area contributed by atoms with Crippen molar-refractivity contribution in [1.82, 2.24) is 4.98 Å². The van der Waals surface area contributed by atoms with Crippen molar-refractivity contribution in [3.05, 3.63) is 30.1 Å². The molecule has 1 atom stereocenters. The molecule has 0 N–H and O–H groups in total. The van der Waals surface area contributed by atoms with Gasteiger partial charge >= 0.3 is 7.60 Å². The molecule has 0 amide bonds. The van der Waals surface area contributed by atoms with E-state index in [4.69, 9.17) is 13.5 Å². The third-order valence-corrected chi connectivity index (χ3v) is 5.70. The smallest absolute Gasteiger partial charge is 0.362 e. The van der Waals surface area contributed by atoms with Crippen LogP contribution in [0.5, 0.6) is 0 Å². The van der Waals surface area contributed by atoms with Crippen molar-refractivity contribution in [3.63, 3.8) is 0 Å². The molecular weight excluding hydrogens is 293 g/mol. The highest BCUT2D eigenvalue weighted by Gasteiger charge is 2.40. The highest BCUT2D eigenvalue weighted by atomic mass is 31.2. The van der Waals surface area contributed by atoms with E-state index in [0.717, 1.165) is 5.56 Å². The monoisotopic (exact) mass is 317 g/mol. The number of hydrogen-bond donors (Lipinski definition) is 0. The summed E-state index contributed by atoms with van der Waals surface area (Å²) in [5.74, 6) is -0.720. The van der Waals surface area contributed by atoms with E-state index in [1.807, 2.05) is 25.7 Å². The first-order chi connectivity index (χ1) is 9.32. The average molecular weight is 317 g/mol. The lowest BCUT2D eigenvalue weighted by Crippen LogP contribution is -2.29. The Morgan fingerprint density at radius 2 is 1.85 bits per heavy atom. The topological polar surface area (TPSA) is 57.7 Å². The lowest BCUT2D eigenvalue weighted by atomic mass is 10.3. The molecule has 114 valence electrons. The van der Waals surface area contributed by atoms with Gasteiger partial charge in [0.1, 0.15) is 0 Å². The highest BCUT2D eigenvalue weighted by Crippen LogP contribution is 2.62. The van der Waals surface area contributed by atoms with Crippen LogP contribution in [0, 0.1) is 0 Å². The van der Waals surface area contributed by atoms with Crippen molar-refractivity contribution < 1.29 is 18.0 Å². The van der Waals surface area contributed by atoms with Crippen molar-refractivity contribution in [2.24, 2.45) is 0 Å². The van der Waals surface area contributed by atoms with Gasteiger partial charge in [-0.05, 0) is 39.6 Å². The molecule has 0 saturated carbocycles. The van der Waals surface area contributed by atoms with Crippen molar-refractivity contribution in [2.75, 3.05) is 13.2 Å². The maximum Gasteiger partial charge on any atom is 0.362 e. The second-order valence-electron chi connectivity index (χ2n) is 5.24. The van der Waals surface area contributed by atoms with E-state index in [2.05, 4.69) is 4.98 Å². The maximum absolute atomic E-state index is 13.0. The minimum absolute atomic E-state index is 0.309. The van der Waals surface area contributed by atoms with Crippen molar-refractivity contribution in [1.29, 1.82) is 0 Å². The van der Waals surface area contributed by atoms with Crippen LogP contribution in [0.25, 0.3) is 0 Å². The second-order valence-corrected chi connectivity index (χ2v) is 11.8.